The molecule has 1 N–H and O–H groups in total. The minimum absolute atomic E-state index is 0.318. The first-order valence-corrected chi connectivity index (χ1v) is 8.27. The Hall–Kier alpha value is -2.18. The molecule has 5 nitrogen and oxygen atoms in total. The molecule has 2 amide bonds. The molecule has 0 fully saturated rings. The Morgan fingerprint density at radius 3 is 2.36 bits per heavy atom. The molecule has 6 heteroatoms. The molecular weight excluding hydrogens is 300 g/mol. The van der Waals surface area contributed by atoms with Crippen LogP contribution in [0.5, 0.6) is 0 Å². The molecule has 0 radical (unpaired) electrons. The van der Waals surface area contributed by atoms with Crippen molar-refractivity contribution in [2.75, 3.05) is 18.6 Å². The number of amides is 2. The van der Waals surface area contributed by atoms with Crippen LogP contribution in [0.25, 0.3) is 0 Å². The number of rotatable bonds is 5. The van der Waals surface area contributed by atoms with Crippen molar-refractivity contribution in [2.45, 2.75) is 11.5 Å². The van der Waals surface area contributed by atoms with Gasteiger partial charge in [-0.25, -0.2) is 9.86 Å². The molecule has 0 saturated carbocycles. The van der Waals surface area contributed by atoms with Gasteiger partial charge in [-0.3, -0.25) is 9.05 Å². The van der Waals surface area contributed by atoms with Crippen molar-refractivity contribution in [3.8, 4) is 0 Å². The molecule has 0 aliphatic heterocycles. The highest BCUT2D eigenvalue weighted by molar-refractivity contribution is 7.84. The Kier molecular flexibility index (Phi) is 5.68. The summed E-state index contributed by atoms with van der Waals surface area (Å²) in [6.07, 6.45) is 1.61. The number of carbonyl (C=O) groups is 1. The first-order valence-electron chi connectivity index (χ1n) is 6.71. The van der Waals surface area contributed by atoms with E-state index in [1.54, 1.807) is 37.6 Å². The number of carbonyl (C=O) groups excluding carboxylic acids is 1. The highest BCUT2D eigenvalue weighted by Gasteiger charge is 2.10. The molecule has 2 rings (SSSR count). The summed E-state index contributed by atoms with van der Waals surface area (Å²) in [5.41, 5.74) is 1.60. The smallest absolute Gasteiger partial charge is 0.306 e. The zero-order valence-electron chi connectivity index (χ0n) is 12.5. The first-order chi connectivity index (χ1) is 10.6. The van der Waals surface area contributed by atoms with Crippen LogP contribution in [0.15, 0.2) is 59.5 Å². The van der Waals surface area contributed by atoms with Gasteiger partial charge in [0.2, 0.25) is 0 Å². The molecule has 0 spiro atoms. The van der Waals surface area contributed by atoms with Crippen molar-refractivity contribution >= 4 is 22.5 Å². The summed E-state index contributed by atoms with van der Waals surface area (Å²) in [5.74, 6) is 0. The Balaban J connectivity index is 1.87. The van der Waals surface area contributed by atoms with E-state index < -0.39 is 10.8 Å². The topological polar surface area (TPSA) is 58.6 Å². The van der Waals surface area contributed by atoms with Crippen molar-refractivity contribution in [1.29, 1.82) is 0 Å². The van der Waals surface area contributed by atoms with Crippen molar-refractivity contribution < 1.29 is 13.8 Å². The van der Waals surface area contributed by atoms with Crippen molar-refractivity contribution in [3.05, 3.63) is 60.2 Å². The van der Waals surface area contributed by atoms with Gasteiger partial charge in [0, 0.05) is 34.7 Å². The van der Waals surface area contributed by atoms with E-state index >= 15 is 0 Å². The second kappa shape index (κ2) is 7.72. The van der Waals surface area contributed by atoms with E-state index in [0.717, 1.165) is 10.6 Å². The summed E-state index contributed by atoms with van der Waals surface area (Å²) in [7, 11) is 0.519. The zero-order chi connectivity index (χ0) is 15.9. The van der Waals surface area contributed by atoms with Gasteiger partial charge in [0.15, 0.2) is 0 Å². The standard InChI is InChI=1S/C16H18N2O3S/c1-18(21-12-13-6-4-3-5-7-13)16(19)17-14-8-10-15(11-9-14)22(2)20/h3-11H,12H2,1-2H3,(H,17,19)/t22-/m1/s1. The predicted molar refractivity (Wildman–Crippen MR) is 86.8 cm³/mol. The van der Waals surface area contributed by atoms with E-state index in [1.165, 1.54) is 0 Å². The molecule has 1 atom stereocenters. The second-order valence-corrected chi connectivity index (χ2v) is 6.04. The van der Waals surface area contributed by atoms with Gasteiger partial charge >= 0.3 is 6.03 Å². The van der Waals surface area contributed by atoms with Gasteiger partial charge in [-0.15, -0.1) is 0 Å². The molecule has 0 saturated heterocycles. The van der Waals surface area contributed by atoms with Crippen LogP contribution in [0.2, 0.25) is 0 Å². The van der Waals surface area contributed by atoms with Crippen LogP contribution in [-0.2, 0) is 22.2 Å². The Bertz CT molecular complexity index is 644. The van der Waals surface area contributed by atoms with E-state index in [2.05, 4.69) is 5.32 Å². The van der Waals surface area contributed by atoms with Crippen molar-refractivity contribution in [2.24, 2.45) is 0 Å². The number of anilines is 1. The van der Waals surface area contributed by atoms with Gasteiger partial charge in [-0.2, -0.15) is 0 Å². The molecule has 0 aliphatic rings. The van der Waals surface area contributed by atoms with Crippen LogP contribution in [0.4, 0.5) is 10.5 Å². The van der Waals surface area contributed by atoms with Crippen LogP contribution in [0.3, 0.4) is 0 Å². The number of benzene rings is 2. The average molecular weight is 318 g/mol. The van der Waals surface area contributed by atoms with Gasteiger partial charge in [-0.1, -0.05) is 30.3 Å². The third-order valence-corrected chi connectivity index (χ3v) is 3.93. The predicted octanol–water partition coefficient (Wildman–Crippen LogP) is 3.02. The van der Waals surface area contributed by atoms with Gasteiger partial charge in [0.1, 0.15) is 6.61 Å². The maximum Gasteiger partial charge on any atom is 0.345 e. The van der Waals surface area contributed by atoms with Crippen LogP contribution in [-0.4, -0.2) is 28.6 Å². The SMILES string of the molecule is CN(OCc1ccccc1)C(=O)Nc1ccc([S@@](C)=O)cc1. The third-order valence-electron chi connectivity index (χ3n) is 2.99. The molecule has 2 aromatic carbocycles. The quantitative estimate of drug-likeness (QED) is 0.862. The first kappa shape index (κ1) is 16.2. The summed E-state index contributed by atoms with van der Waals surface area (Å²) in [5, 5.41) is 3.86. The number of nitrogens with zero attached hydrogens (tertiary/aromatic N) is 1. The van der Waals surface area contributed by atoms with Gasteiger partial charge in [0.05, 0.1) is 0 Å². The number of urea groups is 1. The Morgan fingerprint density at radius 2 is 1.77 bits per heavy atom. The van der Waals surface area contributed by atoms with Crippen molar-refractivity contribution in [1.82, 2.24) is 5.06 Å². The van der Waals surface area contributed by atoms with Crippen LogP contribution in [0.1, 0.15) is 5.56 Å². The molecule has 0 bridgehead atoms. The Labute approximate surface area is 132 Å². The van der Waals surface area contributed by atoms with E-state index in [0.29, 0.717) is 17.2 Å². The second-order valence-electron chi connectivity index (χ2n) is 4.67. The number of nitrogens with one attached hydrogen (secondary N) is 1. The van der Waals surface area contributed by atoms with E-state index in [-0.39, 0.29) is 6.03 Å². The normalized spacial score (nSPS) is 11.7. The van der Waals surface area contributed by atoms with Gasteiger partial charge in [0.25, 0.3) is 0 Å². The minimum Gasteiger partial charge on any atom is -0.306 e. The van der Waals surface area contributed by atoms with E-state index in [1.807, 2.05) is 30.3 Å². The monoisotopic (exact) mass is 318 g/mol. The van der Waals surface area contributed by atoms with Crippen molar-refractivity contribution in [3.63, 3.8) is 0 Å². The van der Waals surface area contributed by atoms with E-state index in [4.69, 9.17) is 4.84 Å². The highest BCUT2D eigenvalue weighted by atomic mass is 32.2. The number of hydroxylamine groups is 2. The average Bonchev–Trinajstić information content (AvgIpc) is 2.54. The molecule has 0 heterocycles. The lowest BCUT2D eigenvalue weighted by atomic mass is 10.2. The molecule has 0 aromatic heterocycles. The van der Waals surface area contributed by atoms with Crippen LogP contribution >= 0.6 is 0 Å². The largest absolute Gasteiger partial charge is 0.345 e. The molecule has 0 unspecified atom stereocenters. The molecule has 2 aromatic rings. The summed E-state index contributed by atoms with van der Waals surface area (Å²) >= 11 is 0. The van der Waals surface area contributed by atoms with Crippen LogP contribution < -0.4 is 5.32 Å². The fraction of sp³-hybridized carbons (Fsp3) is 0.188. The van der Waals surface area contributed by atoms with E-state index in [9.17, 15) is 9.00 Å². The lowest BCUT2D eigenvalue weighted by Gasteiger charge is -2.17. The van der Waals surface area contributed by atoms with Crippen LogP contribution in [0, 0.1) is 0 Å². The summed E-state index contributed by atoms with van der Waals surface area (Å²) in [6.45, 7) is 0.318. The maximum atomic E-state index is 12.0. The molecule has 116 valence electrons. The Morgan fingerprint density at radius 1 is 1.14 bits per heavy atom. The molecule has 0 aliphatic carbocycles. The third kappa shape index (κ3) is 4.68. The summed E-state index contributed by atoms with van der Waals surface area (Å²) in [6, 6.07) is 16.1. The zero-order valence-corrected chi connectivity index (χ0v) is 13.3. The molecule has 22 heavy (non-hydrogen) atoms. The molecular formula is C16H18N2O3S. The highest BCUT2D eigenvalue weighted by Crippen LogP contribution is 2.12. The summed E-state index contributed by atoms with van der Waals surface area (Å²) in [4.78, 5) is 18.1. The number of hydrogen-bond acceptors (Lipinski definition) is 3. The van der Waals surface area contributed by atoms with Gasteiger partial charge in [-0.05, 0) is 29.8 Å². The van der Waals surface area contributed by atoms with Gasteiger partial charge < -0.3 is 5.32 Å². The lowest BCUT2D eigenvalue weighted by Crippen LogP contribution is -2.31. The number of hydrogen-bond donors (Lipinski definition) is 1. The fourth-order valence-electron chi connectivity index (χ4n) is 1.74. The summed E-state index contributed by atoms with van der Waals surface area (Å²) < 4.78 is 11.3. The minimum atomic E-state index is -1.03. The maximum absolute atomic E-state index is 12.0. The fourth-order valence-corrected chi connectivity index (χ4v) is 2.26. The lowest BCUT2D eigenvalue weighted by molar-refractivity contribution is -0.105.